The van der Waals surface area contributed by atoms with Crippen LogP contribution in [0.2, 0.25) is 0 Å². The summed E-state index contributed by atoms with van der Waals surface area (Å²) in [4.78, 5) is 19.1. The highest BCUT2D eigenvalue weighted by Gasteiger charge is 2.26. The summed E-state index contributed by atoms with van der Waals surface area (Å²) >= 11 is 0. The van der Waals surface area contributed by atoms with E-state index >= 15 is 0 Å². The monoisotopic (exact) mass is 373 g/mol. The fourth-order valence-electron chi connectivity index (χ4n) is 3.47. The molecule has 1 aliphatic heterocycles. The molecular weight excluding hydrogens is 350 g/mol. The lowest BCUT2D eigenvalue weighted by Gasteiger charge is -2.31. The van der Waals surface area contributed by atoms with E-state index < -0.39 is 0 Å². The number of nitrogens with one attached hydrogen (secondary N) is 1. The highest BCUT2D eigenvalue weighted by Crippen LogP contribution is 2.24. The van der Waals surface area contributed by atoms with Crippen LogP contribution in [0.25, 0.3) is 11.3 Å². The molecule has 3 heterocycles. The van der Waals surface area contributed by atoms with Gasteiger partial charge in [0.1, 0.15) is 5.82 Å². The second-order valence-electron chi connectivity index (χ2n) is 7.06. The van der Waals surface area contributed by atoms with Gasteiger partial charge in [0.25, 0.3) is 0 Å². The van der Waals surface area contributed by atoms with Crippen molar-refractivity contribution in [2.45, 2.75) is 19.8 Å². The van der Waals surface area contributed by atoms with Crippen LogP contribution in [0.3, 0.4) is 0 Å². The Morgan fingerprint density at radius 1 is 0.964 bits per heavy atom. The van der Waals surface area contributed by atoms with Gasteiger partial charge in [0.05, 0.1) is 5.69 Å². The van der Waals surface area contributed by atoms with Crippen LogP contribution in [-0.4, -0.2) is 34.2 Å². The number of aryl methyl sites for hydroxylation is 1. The smallest absolute Gasteiger partial charge is 0.228 e. The van der Waals surface area contributed by atoms with Crippen molar-refractivity contribution in [3.8, 4) is 11.3 Å². The number of rotatable bonds is 4. The first-order valence-corrected chi connectivity index (χ1v) is 9.58. The fourth-order valence-corrected chi connectivity index (χ4v) is 3.47. The molecule has 0 aliphatic carbocycles. The van der Waals surface area contributed by atoms with E-state index in [2.05, 4.69) is 25.4 Å². The fraction of sp³-hybridized carbons (Fsp3) is 0.273. The highest BCUT2D eigenvalue weighted by molar-refractivity contribution is 5.91. The molecule has 6 heteroatoms. The summed E-state index contributed by atoms with van der Waals surface area (Å²) in [5, 5.41) is 11.7. The van der Waals surface area contributed by atoms with Crippen molar-refractivity contribution in [1.82, 2.24) is 15.2 Å². The van der Waals surface area contributed by atoms with Gasteiger partial charge in [0.15, 0.2) is 5.82 Å². The lowest BCUT2D eigenvalue weighted by molar-refractivity contribution is -0.120. The maximum atomic E-state index is 12.5. The molecule has 2 aromatic heterocycles. The number of benzene rings is 1. The Kier molecular flexibility index (Phi) is 5.28. The summed E-state index contributed by atoms with van der Waals surface area (Å²) in [6.07, 6.45) is 1.58. The van der Waals surface area contributed by atoms with Crippen molar-refractivity contribution >= 4 is 17.5 Å². The molecule has 0 spiro atoms. The third kappa shape index (κ3) is 4.17. The molecule has 1 amide bonds. The number of nitrogens with zero attached hydrogens (tertiary/aromatic N) is 4. The highest BCUT2D eigenvalue weighted by atomic mass is 16.1. The first-order valence-electron chi connectivity index (χ1n) is 9.58. The summed E-state index contributed by atoms with van der Waals surface area (Å²) < 4.78 is 0. The summed E-state index contributed by atoms with van der Waals surface area (Å²) in [5.74, 6) is 1.52. The van der Waals surface area contributed by atoms with Crippen LogP contribution in [0.1, 0.15) is 18.5 Å². The number of anilines is 2. The van der Waals surface area contributed by atoms with E-state index in [9.17, 15) is 4.79 Å². The topological polar surface area (TPSA) is 71.0 Å². The maximum Gasteiger partial charge on any atom is 0.228 e. The van der Waals surface area contributed by atoms with Crippen LogP contribution < -0.4 is 10.2 Å². The van der Waals surface area contributed by atoms with Crippen LogP contribution >= 0.6 is 0 Å². The van der Waals surface area contributed by atoms with E-state index in [1.165, 1.54) is 0 Å². The number of carbonyl (C=O) groups is 1. The zero-order valence-corrected chi connectivity index (χ0v) is 15.9. The van der Waals surface area contributed by atoms with Crippen molar-refractivity contribution in [3.63, 3.8) is 0 Å². The van der Waals surface area contributed by atoms with Crippen molar-refractivity contribution in [2.24, 2.45) is 5.92 Å². The molecule has 0 bridgehead atoms. The average molecular weight is 373 g/mol. The number of amides is 1. The SMILES string of the molecule is Cc1cccc(NC(=O)C2CCN(c3ccc(-c4ccccc4)nn3)CC2)n1. The molecule has 0 atom stereocenters. The van der Waals surface area contributed by atoms with Gasteiger partial charge in [0.2, 0.25) is 5.91 Å². The minimum absolute atomic E-state index is 0.00452. The molecule has 4 rings (SSSR count). The maximum absolute atomic E-state index is 12.5. The van der Waals surface area contributed by atoms with Crippen LogP contribution in [-0.2, 0) is 4.79 Å². The normalized spacial score (nSPS) is 14.7. The van der Waals surface area contributed by atoms with E-state index in [-0.39, 0.29) is 11.8 Å². The van der Waals surface area contributed by atoms with Crippen LogP contribution in [0.5, 0.6) is 0 Å². The molecule has 3 aromatic rings. The van der Waals surface area contributed by atoms with Gasteiger partial charge < -0.3 is 10.2 Å². The second-order valence-corrected chi connectivity index (χ2v) is 7.06. The molecule has 1 saturated heterocycles. The zero-order valence-electron chi connectivity index (χ0n) is 15.9. The van der Waals surface area contributed by atoms with Gasteiger partial charge >= 0.3 is 0 Å². The van der Waals surface area contributed by atoms with E-state index in [4.69, 9.17) is 0 Å². The molecule has 1 fully saturated rings. The van der Waals surface area contributed by atoms with E-state index in [1.807, 2.05) is 67.6 Å². The van der Waals surface area contributed by atoms with Gasteiger partial charge in [-0.2, -0.15) is 0 Å². The number of pyridine rings is 1. The molecule has 0 radical (unpaired) electrons. The van der Waals surface area contributed by atoms with Gasteiger partial charge in [-0.1, -0.05) is 36.4 Å². The second kappa shape index (κ2) is 8.17. The average Bonchev–Trinajstić information content (AvgIpc) is 2.75. The summed E-state index contributed by atoms with van der Waals surface area (Å²) in [5.41, 5.74) is 2.82. The minimum atomic E-state index is -0.00452. The Bertz CT molecular complexity index is 935. The molecule has 0 unspecified atom stereocenters. The van der Waals surface area contributed by atoms with E-state index in [0.29, 0.717) is 5.82 Å². The van der Waals surface area contributed by atoms with Crippen molar-refractivity contribution < 1.29 is 4.79 Å². The zero-order chi connectivity index (χ0) is 19.3. The molecular formula is C22H23N5O. The van der Waals surface area contributed by atoms with Crippen molar-refractivity contribution in [1.29, 1.82) is 0 Å². The summed E-state index contributed by atoms with van der Waals surface area (Å²) in [6, 6.07) is 19.7. The minimum Gasteiger partial charge on any atom is -0.355 e. The standard InChI is InChI=1S/C22H23N5O/c1-16-6-5-9-20(23-16)24-22(28)18-12-14-27(15-13-18)21-11-10-19(25-26-21)17-7-3-2-4-8-17/h2-11,18H,12-15H2,1H3,(H,23,24,28). The third-order valence-electron chi connectivity index (χ3n) is 5.05. The van der Waals surface area contributed by atoms with Gasteiger partial charge in [-0.3, -0.25) is 4.79 Å². The number of aromatic nitrogens is 3. The van der Waals surface area contributed by atoms with Crippen LogP contribution in [0.15, 0.2) is 60.7 Å². The first kappa shape index (κ1) is 18.1. The molecule has 28 heavy (non-hydrogen) atoms. The number of carbonyl (C=O) groups excluding carboxylic acids is 1. The Balaban J connectivity index is 1.34. The van der Waals surface area contributed by atoms with Crippen molar-refractivity contribution in [3.05, 3.63) is 66.4 Å². The predicted molar refractivity (Wildman–Crippen MR) is 110 cm³/mol. The number of piperidine rings is 1. The van der Waals surface area contributed by atoms with Gasteiger partial charge in [-0.15, -0.1) is 10.2 Å². The molecule has 1 aliphatic rings. The number of hydrogen-bond acceptors (Lipinski definition) is 5. The quantitative estimate of drug-likeness (QED) is 0.755. The van der Waals surface area contributed by atoms with E-state index in [1.54, 1.807) is 0 Å². The molecule has 142 valence electrons. The predicted octanol–water partition coefficient (Wildman–Crippen LogP) is 3.70. The molecule has 0 saturated carbocycles. The molecule has 1 aromatic carbocycles. The lowest BCUT2D eigenvalue weighted by Crippen LogP contribution is -2.38. The Labute approximate surface area is 164 Å². The van der Waals surface area contributed by atoms with Gasteiger partial charge in [0, 0.05) is 30.3 Å². The van der Waals surface area contributed by atoms with Crippen LogP contribution in [0, 0.1) is 12.8 Å². The Morgan fingerprint density at radius 3 is 2.43 bits per heavy atom. The summed E-state index contributed by atoms with van der Waals surface area (Å²) in [6.45, 7) is 3.50. The summed E-state index contributed by atoms with van der Waals surface area (Å²) in [7, 11) is 0. The largest absolute Gasteiger partial charge is 0.355 e. The van der Waals surface area contributed by atoms with E-state index in [0.717, 1.165) is 48.7 Å². The van der Waals surface area contributed by atoms with Gasteiger partial charge in [-0.25, -0.2) is 4.98 Å². The van der Waals surface area contributed by atoms with Gasteiger partial charge in [-0.05, 0) is 44.0 Å². The van der Waals surface area contributed by atoms with Crippen LogP contribution in [0.4, 0.5) is 11.6 Å². The Hall–Kier alpha value is -3.28. The lowest BCUT2D eigenvalue weighted by atomic mass is 9.96. The van der Waals surface area contributed by atoms with Crippen molar-refractivity contribution in [2.75, 3.05) is 23.3 Å². The molecule has 6 nitrogen and oxygen atoms in total. The first-order chi connectivity index (χ1) is 13.7. The third-order valence-corrected chi connectivity index (χ3v) is 5.05. The molecule has 1 N–H and O–H groups in total. The number of hydrogen-bond donors (Lipinski definition) is 1. The Morgan fingerprint density at radius 2 is 1.75 bits per heavy atom.